The van der Waals surface area contributed by atoms with Crippen LogP contribution in [0, 0.1) is 6.92 Å². The van der Waals surface area contributed by atoms with Gasteiger partial charge < -0.3 is 10.1 Å². The average molecular weight is 457 g/mol. The van der Waals surface area contributed by atoms with E-state index in [1.54, 1.807) is 31.4 Å². The zero-order valence-electron chi connectivity index (χ0n) is 17.5. The molecule has 0 unspecified atom stereocenters. The lowest BCUT2D eigenvalue weighted by Crippen LogP contribution is -2.22. The van der Waals surface area contributed by atoms with Crippen LogP contribution < -0.4 is 14.8 Å². The Labute approximate surface area is 187 Å². The zero-order valence-corrected chi connectivity index (χ0v) is 19.1. The predicted molar refractivity (Wildman–Crippen MR) is 125 cm³/mol. The summed E-state index contributed by atoms with van der Waals surface area (Å²) < 4.78 is 32.8. The van der Waals surface area contributed by atoms with E-state index >= 15 is 0 Å². The van der Waals surface area contributed by atoms with Gasteiger partial charge in [-0.1, -0.05) is 17.7 Å². The lowest BCUT2D eigenvalue weighted by atomic mass is 10.2. The molecule has 2 N–H and O–H groups in total. The van der Waals surface area contributed by atoms with E-state index in [9.17, 15) is 13.2 Å². The minimum atomic E-state index is -3.71. The van der Waals surface area contributed by atoms with E-state index in [0.29, 0.717) is 11.4 Å². The van der Waals surface area contributed by atoms with Crippen molar-refractivity contribution in [1.82, 2.24) is 0 Å². The number of carbonyl (C=O) groups is 1. The molecule has 0 fully saturated rings. The highest BCUT2D eigenvalue weighted by Gasteiger charge is 2.17. The van der Waals surface area contributed by atoms with E-state index in [1.807, 2.05) is 50.2 Å². The summed E-state index contributed by atoms with van der Waals surface area (Å²) in [6, 6.07) is 20.7. The Hall–Kier alpha value is -2.97. The fourth-order valence-electron chi connectivity index (χ4n) is 2.71. The molecule has 0 saturated heterocycles. The molecule has 3 rings (SSSR count). The molecule has 0 aliphatic carbocycles. The third-order valence-electron chi connectivity index (χ3n) is 4.48. The molecule has 1 atom stereocenters. The Morgan fingerprint density at radius 1 is 0.903 bits per heavy atom. The van der Waals surface area contributed by atoms with Crippen molar-refractivity contribution in [2.45, 2.75) is 28.9 Å². The molecule has 31 heavy (non-hydrogen) atoms. The first kappa shape index (κ1) is 22.7. The van der Waals surface area contributed by atoms with Gasteiger partial charge in [-0.15, -0.1) is 11.8 Å². The smallest absolute Gasteiger partial charge is 0.261 e. The van der Waals surface area contributed by atoms with Gasteiger partial charge in [-0.3, -0.25) is 9.52 Å². The summed E-state index contributed by atoms with van der Waals surface area (Å²) in [6.07, 6.45) is 0. The number of amides is 1. The summed E-state index contributed by atoms with van der Waals surface area (Å²) in [4.78, 5) is 13.6. The van der Waals surface area contributed by atoms with Crippen LogP contribution in [0.25, 0.3) is 0 Å². The average Bonchev–Trinajstić information content (AvgIpc) is 2.76. The second-order valence-electron chi connectivity index (χ2n) is 6.92. The monoisotopic (exact) mass is 456 g/mol. The molecule has 0 aromatic heterocycles. The van der Waals surface area contributed by atoms with Crippen LogP contribution in [0.3, 0.4) is 0 Å². The van der Waals surface area contributed by atoms with Gasteiger partial charge in [0.25, 0.3) is 10.0 Å². The maximum atomic E-state index is 12.6. The quantitative estimate of drug-likeness (QED) is 0.470. The predicted octanol–water partition coefficient (Wildman–Crippen LogP) is 4.92. The number of methoxy groups -OCH3 is 1. The molecule has 6 nitrogen and oxygen atoms in total. The van der Waals surface area contributed by atoms with Gasteiger partial charge in [0.2, 0.25) is 5.91 Å². The SMILES string of the molecule is COc1ccc(S[C@H](C)C(=O)Nc2ccc(S(=O)(=O)Nc3ccc(C)cc3)cc2)cc1. The number of aryl methyl sites for hydroxylation is 1. The van der Waals surface area contributed by atoms with E-state index < -0.39 is 10.0 Å². The van der Waals surface area contributed by atoms with E-state index in [4.69, 9.17) is 4.74 Å². The molecular weight excluding hydrogens is 432 g/mol. The van der Waals surface area contributed by atoms with Crippen LogP contribution in [-0.4, -0.2) is 26.7 Å². The summed E-state index contributed by atoms with van der Waals surface area (Å²) in [7, 11) is -2.11. The van der Waals surface area contributed by atoms with Crippen LogP contribution in [0.2, 0.25) is 0 Å². The van der Waals surface area contributed by atoms with Gasteiger partial charge in [-0.05, 0) is 74.5 Å². The third kappa shape index (κ3) is 6.26. The lowest BCUT2D eigenvalue weighted by Gasteiger charge is -2.13. The molecule has 0 aliphatic rings. The summed E-state index contributed by atoms with van der Waals surface area (Å²) in [5.41, 5.74) is 2.07. The summed E-state index contributed by atoms with van der Waals surface area (Å²) in [5.74, 6) is 0.586. The van der Waals surface area contributed by atoms with Crippen molar-refractivity contribution in [3.05, 3.63) is 78.4 Å². The highest BCUT2D eigenvalue weighted by Crippen LogP contribution is 2.26. The number of carbonyl (C=O) groups excluding carboxylic acids is 1. The number of rotatable bonds is 8. The van der Waals surface area contributed by atoms with E-state index in [1.165, 1.54) is 23.9 Å². The molecule has 0 saturated carbocycles. The van der Waals surface area contributed by atoms with Crippen molar-refractivity contribution in [3.8, 4) is 5.75 Å². The molecule has 0 aliphatic heterocycles. The van der Waals surface area contributed by atoms with Gasteiger partial charge in [0.1, 0.15) is 5.75 Å². The summed E-state index contributed by atoms with van der Waals surface area (Å²) in [6.45, 7) is 3.75. The molecular formula is C23H24N2O4S2. The standard InChI is InChI=1S/C23H24N2O4S2/c1-16-4-6-19(7-5-16)25-31(27,28)22-14-8-18(9-15-22)24-23(26)17(2)30-21-12-10-20(29-3)11-13-21/h4-15,17,25H,1-3H3,(H,24,26)/t17-/m1/s1. The van der Waals surface area contributed by atoms with Gasteiger partial charge in [0.15, 0.2) is 0 Å². The van der Waals surface area contributed by atoms with E-state index in [0.717, 1.165) is 16.2 Å². The van der Waals surface area contributed by atoms with Gasteiger partial charge in [0.05, 0.1) is 17.3 Å². The van der Waals surface area contributed by atoms with Crippen molar-refractivity contribution in [2.75, 3.05) is 17.1 Å². The fourth-order valence-corrected chi connectivity index (χ4v) is 4.63. The topological polar surface area (TPSA) is 84.5 Å². The van der Waals surface area contributed by atoms with Crippen molar-refractivity contribution in [3.63, 3.8) is 0 Å². The Bertz CT molecular complexity index is 1130. The van der Waals surface area contributed by atoms with Crippen LogP contribution >= 0.6 is 11.8 Å². The Morgan fingerprint density at radius 3 is 2.06 bits per heavy atom. The molecule has 3 aromatic carbocycles. The highest BCUT2D eigenvalue weighted by atomic mass is 32.2. The van der Waals surface area contributed by atoms with Crippen molar-refractivity contribution < 1.29 is 17.9 Å². The maximum absolute atomic E-state index is 12.6. The van der Waals surface area contributed by atoms with Crippen molar-refractivity contribution in [1.29, 1.82) is 0 Å². The minimum absolute atomic E-state index is 0.117. The number of ether oxygens (including phenoxy) is 1. The van der Waals surface area contributed by atoms with Crippen LogP contribution in [0.4, 0.5) is 11.4 Å². The molecule has 0 bridgehead atoms. The Kier molecular flexibility index (Phi) is 7.25. The van der Waals surface area contributed by atoms with Crippen LogP contribution in [0.1, 0.15) is 12.5 Å². The number of anilines is 2. The highest BCUT2D eigenvalue weighted by molar-refractivity contribution is 8.00. The largest absolute Gasteiger partial charge is 0.497 e. The molecule has 3 aromatic rings. The van der Waals surface area contributed by atoms with Crippen LogP contribution in [0.15, 0.2) is 82.6 Å². The second-order valence-corrected chi connectivity index (χ2v) is 10.0. The minimum Gasteiger partial charge on any atom is -0.497 e. The van der Waals surface area contributed by atoms with Gasteiger partial charge in [-0.25, -0.2) is 8.42 Å². The lowest BCUT2D eigenvalue weighted by molar-refractivity contribution is -0.115. The summed E-state index contributed by atoms with van der Waals surface area (Å²) >= 11 is 1.43. The first-order chi connectivity index (χ1) is 14.8. The van der Waals surface area contributed by atoms with Gasteiger partial charge in [-0.2, -0.15) is 0 Å². The maximum Gasteiger partial charge on any atom is 0.261 e. The fraction of sp³-hybridized carbons (Fsp3) is 0.174. The van der Waals surface area contributed by atoms with Gasteiger partial charge >= 0.3 is 0 Å². The molecule has 0 heterocycles. The van der Waals surface area contributed by atoms with Crippen LogP contribution in [0.5, 0.6) is 5.75 Å². The number of hydrogen-bond acceptors (Lipinski definition) is 5. The number of sulfonamides is 1. The Morgan fingerprint density at radius 2 is 1.48 bits per heavy atom. The first-order valence-corrected chi connectivity index (χ1v) is 11.9. The molecule has 162 valence electrons. The molecule has 0 radical (unpaired) electrons. The zero-order chi connectivity index (χ0) is 22.4. The molecule has 0 spiro atoms. The van der Waals surface area contributed by atoms with E-state index in [2.05, 4.69) is 10.0 Å². The van der Waals surface area contributed by atoms with Crippen molar-refractivity contribution in [2.24, 2.45) is 0 Å². The number of thioether (sulfide) groups is 1. The summed E-state index contributed by atoms with van der Waals surface area (Å²) in [5, 5.41) is 2.49. The van der Waals surface area contributed by atoms with E-state index in [-0.39, 0.29) is 16.1 Å². The van der Waals surface area contributed by atoms with Crippen molar-refractivity contribution >= 4 is 39.1 Å². The van der Waals surface area contributed by atoms with Crippen LogP contribution in [-0.2, 0) is 14.8 Å². The molecule has 1 amide bonds. The second kappa shape index (κ2) is 9.89. The molecule has 8 heteroatoms. The number of nitrogens with one attached hydrogen (secondary N) is 2. The Balaban J connectivity index is 1.61. The normalized spacial score (nSPS) is 12.1. The first-order valence-electron chi connectivity index (χ1n) is 9.58. The van der Waals surface area contributed by atoms with Gasteiger partial charge in [0, 0.05) is 16.3 Å². The third-order valence-corrected chi connectivity index (χ3v) is 6.99. The number of hydrogen-bond donors (Lipinski definition) is 2. The number of benzene rings is 3.